The Bertz CT molecular complexity index is 1020. The zero-order valence-electron chi connectivity index (χ0n) is 13.6. The van der Waals surface area contributed by atoms with Crippen molar-refractivity contribution in [2.24, 2.45) is 0 Å². The minimum absolute atomic E-state index is 0.169. The molecule has 0 radical (unpaired) electrons. The number of carbonyl (C=O) groups excluding carboxylic acids is 1. The largest absolute Gasteiger partial charge is 0.455 e. The number of cyclic esters (lactones) is 1. The number of hydrogen-bond donors (Lipinski definition) is 0. The zero-order valence-corrected chi connectivity index (χ0v) is 14.3. The van der Waals surface area contributed by atoms with Gasteiger partial charge in [0, 0.05) is 23.0 Å². The summed E-state index contributed by atoms with van der Waals surface area (Å²) >= 11 is 6.23. The quantitative estimate of drug-likeness (QED) is 0.625. The highest BCUT2D eigenvalue weighted by Gasteiger charge is 2.54. The SMILES string of the molecule is O=C1OCC2(c3ccncc3)c3ccccc3Oc3ccc(Cl)cc3N12. The van der Waals surface area contributed by atoms with Gasteiger partial charge >= 0.3 is 6.09 Å². The molecule has 128 valence electrons. The van der Waals surface area contributed by atoms with E-state index in [1.54, 1.807) is 35.5 Å². The molecular weight excluding hydrogens is 352 g/mol. The van der Waals surface area contributed by atoms with Crippen LogP contribution in [0.1, 0.15) is 11.1 Å². The summed E-state index contributed by atoms with van der Waals surface area (Å²) < 4.78 is 11.7. The summed E-state index contributed by atoms with van der Waals surface area (Å²) in [7, 11) is 0. The molecule has 5 rings (SSSR count). The fourth-order valence-corrected chi connectivity index (χ4v) is 3.88. The molecule has 0 saturated carbocycles. The third kappa shape index (κ3) is 1.98. The molecule has 1 aromatic heterocycles. The summed E-state index contributed by atoms with van der Waals surface area (Å²) in [6.07, 6.45) is 2.97. The van der Waals surface area contributed by atoms with Crippen LogP contribution in [-0.2, 0) is 10.3 Å². The zero-order chi connectivity index (χ0) is 17.7. The number of ether oxygens (including phenoxy) is 2. The molecule has 3 aromatic rings. The molecule has 1 atom stereocenters. The van der Waals surface area contributed by atoms with Gasteiger partial charge in [-0.05, 0) is 42.0 Å². The summed E-state index contributed by atoms with van der Waals surface area (Å²) in [6.45, 7) is 0.169. The van der Waals surface area contributed by atoms with Gasteiger partial charge in [-0.1, -0.05) is 29.8 Å². The van der Waals surface area contributed by atoms with Crippen LogP contribution in [0.5, 0.6) is 11.5 Å². The van der Waals surface area contributed by atoms with E-state index in [0.29, 0.717) is 22.2 Å². The summed E-state index contributed by atoms with van der Waals surface area (Å²) in [5, 5.41) is 0.515. The number of nitrogens with zero attached hydrogens (tertiary/aromatic N) is 2. The molecule has 6 heteroatoms. The third-order valence-electron chi connectivity index (χ3n) is 4.84. The van der Waals surface area contributed by atoms with Gasteiger partial charge < -0.3 is 9.47 Å². The number of halogens is 1. The van der Waals surface area contributed by atoms with Crippen LogP contribution in [0.15, 0.2) is 67.0 Å². The first kappa shape index (κ1) is 15.2. The molecule has 0 spiro atoms. The molecule has 2 aliphatic rings. The second-order valence-corrected chi connectivity index (χ2v) is 6.63. The Morgan fingerprint density at radius 1 is 1.04 bits per heavy atom. The maximum atomic E-state index is 12.8. The van der Waals surface area contributed by atoms with Gasteiger partial charge in [0.1, 0.15) is 17.9 Å². The van der Waals surface area contributed by atoms with Crippen molar-refractivity contribution in [1.29, 1.82) is 0 Å². The van der Waals surface area contributed by atoms with Gasteiger partial charge in [-0.2, -0.15) is 0 Å². The van der Waals surface area contributed by atoms with Gasteiger partial charge in [0.15, 0.2) is 5.75 Å². The van der Waals surface area contributed by atoms with E-state index in [2.05, 4.69) is 4.98 Å². The van der Waals surface area contributed by atoms with Crippen molar-refractivity contribution >= 4 is 23.4 Å². The highest BCUT2D eigenvalue weighted by molar-refractivity contribution is 6.31. The van der Waals surface area contributed by atoms with Crippen molar-refractivity contribution in [2.75, 3.05) is 11.5 Å². The summed E-state index contributed by atoms with van der Waals surface area (Å²) in [5.41, 5.74) is 1.46. The highest BCUT2D eigenvalue weighted by Crippen LogP contribution is 2.53. The van der Waals surface area contributed by atoms with Crippen LogP contribution in [-0.4, -0.2) is 17.7 Å². The lowest BCUT2D eigenvalue weighted by Gasteiger charge is -2.35. The van der Waals surface area contributed by atoms with Gasteiger partial charge in [-0.25, -0.2) is 4.79 Å². The van der Waals surface area contributed by atoms with Crippen LogP contribution in [0, 0.1) is 0 Å². The van der Waals surface area contributed by atoms with Crippen LogP contribution < -0.4 is 9.64 Å². The topological polar surface area (TPSA) is 51.7 Å². The molecule has 1 amide bonds. The molecule has 26 heavy (non-hydrogen) atoms. The fraction of sp³-hybridized carbons (Fsp3) is 0.100. The highest BCUT2D eigenvalue weighted by atomic mass is 35.5. The van der Waals surface area contributed by atoms with Gasteiger partial charge in [0.2, 0.25) is 0 Å². The number of aromatic nitrogens is 1. The van der Waals surface area contributed by atoms with Gasteiger partial charge in [0.05, 0.1) is 5.69 Å². The van der Waals surface area contributed by atoms with Crippen molar-refractivity contribution in [3.05, 3.63) is 83.1 Å². The number of fused-ring (bicyclic) bond motifs is 5. The van der Waals surface area contributed by atoms with E-state index in [0.717, 1.165) is 11.1 Å². The fourth-order valence-electron chi connectivity index (χ4n) is 3.72. The molecule has 0 bridgehead atoms. The molecule has 2 aromatic carbocycles. The molecule has 0 aliphatic carbocycles. The van der Waals surface area contributed by atoms with E-state index in [9.17, 15) is 4.79 Å². The Hall–Kier alpha value is -3.05. The minimum Gasteiger partial charge on any atom is -0.455 e. The predicted molar refractivity (Wildman–Crippen MR) is 96.8 cm³/mol. The molecule has 5 nitrogen and oxygen atoms in total. The number of para-hydroxylation sites is 1. The molecule has 1 unspecified atom stereocenters. The van der Waals surface area contributed by atoms with Crippen LogP contribution >= 0.6 is 11.6 Å². The third-order valence-corrected chi connectivity index (χ3v) is 5.08. The Morgan fingerprint density at radius 3 is 2.69 bits per heavy atom. The second kappa shape index (κ2) is 5.47. The number of hydrogen-bond acceptors (Lipinski definition) is 4. The van der Waals surface area contributed by atoms with E-state index in [1.807, 2.05) is 36.4 Å². The van der Waals surface area contributed by atoms with Crippen LogP contribution in [0.25, 0.3) is 0 Å². The van der Waals surface area contributed by atoms with Crippen molar-refractivity contribution in [3.63, 3.8) is 0 Å². The van der Waals surface area contributed by atoms with E-state index >= 15 is 0 Å². The number of benzene rings is 2. The van der Waals surface area contributed by atoms with Crippen molar-refractivity contribution in [1.82, 2.24) is 4.98 Å². The molecular formula is C20H13ClN2O3. The van der Waals surface area contributed by atoms with E-state index < -0.39 is 11.6 Å². The first-order valence-corrected chi connectivity index (χ1v) is 8.52. The molecule has 3 heterocycles. The molecule has 0 N–H and O–H groups in total. The number of carbonyl (C=O) groups is 1. The maximum Gasteiger partial charge on any atom is 0.415 e. The van der Waals surface area contributed by atoms with Gasteiger partial charge in [0.25, 0.3) is 0 Å². The maximum absolute atomic E-state index is 12.8. The normalized spacial score (nSPS) is 20.3. The molecule has 2 aliphatic heterocycles. The van der Waals surface area contributed by atoms with Crippen LogP contribution in [0.4, 0.5) is 10.5 Å². The lowest BCUT2D eigenvalue weighted by molar-refractivity contribution is 0.175. The second-order valence-electron chi connectivity index (χ2n) is 6.20. The average Bonchev–Trinajstić information content (AvgIpc) is 2.96. The minimum atomic E-state index is -0.855. The number of amides is 1. The van der Waals surface area contributed by atoms with E-state index in [1.165, 1.54) is 0 Å². The summed E-state index contributed by atoms with van der Waals surface area (Å²) in [5.74, 6) is 1.23. The first-order valence-electron chi connectivity index (χ1n) is 8.14. The van der Waals surface area contributed by atoms with Crippen molar-refractivity contribution < 1.29 is 14.3 Å². The Balaban J connectivity index is 1.90. The summed E-state index contributed by atoms with van der Waals surface area (Å²) in [4.78, 5) is 18.6. The predicted octanol–water partition coefficient (Wildman–Crippen LogP) is 4.74. The van der Waals surface area contributed by atoms with Gasteiger partial charge in [-0.3, -0.25) is 9.88 Å². The lowest BCUT2D eigenvalue weighted by atomic mass is 9.82. The summed E-state index contributed by atoms with van der Waals surface area (Å²) in [6, 6.07) is 16.7. The van der Waals surface area contributed by atoms with Crippen molar-refractivity contribution in [2.45, 2.75) is 5.54 Å². The van der Waals surface area contributed by atoms with Crippen molar-refractivity contribution in [3.8, 4) is 11.5 Å². The number of rotatable bonds is 1. The van der Waals surface area contributed by atoms with Gasteiger partial charge in [-0.15, -0.1) is 0 Å². The standard InChI is InChI=1S/C20H13ClN2O3/c21-14-5-6-18-16(11-14)23-19(24)25-12-20(23,13-7-9-22-10-8-13)15-3-1-2-4-17(15)26-18/h1-11H,12H2. The van der Waals surface area contributed by atoms with E-state index in [4.69, 9.17) is 21.1 Å². The van der Waals surface area contributed by atoms with Crippen LogP contribution in [0.2, 0.25) is 5.02 Å². The Morgan fingerprint density at radius 2 is 1.85 bits per heavy atom. The number of pyridine rings is 1. The first-order chi connectivity index (χ1) is 12.7. The number of anilines is 1. The Labute approximate surface area is 154 Å². The lowest BCUT2D eigenvalue weighted by Crippen LogP contribution is -2.45. The monoisotopic (exact) mass is 364 g/mol. The Kier molecular flexibility index (Phi) is 3.21. The molecule has 1 saturated heterocycles. The molecule has 1 fully saturated rings. The van der Waals surface area contributed by atoms with E-state index in [-0.39, 0.29) is 6.61 Å². The van der Waals surface area contributed by atoms with Crippen LogP contribution in [0.3, 0.4) is 0 Å². The average molecular weight is 365 g/mol. The smallest absolute Gasteiger partial charge is 0.415 e.